The van der Waals surface area contributed by atoms with E-state index in [0.29, 0.717) is 23.5 Å². The quantitative estimate of drug-likeness (QED) is 0.751. The van der Waals surface area contributed by atoms with E-state index in [4.69, 9.17) is 4.74 Å². The van der Waals surface area contributed by atoms with E-state index in [2.05, 4.69) is 16.0 Å². The summed E-state index contributed by atoms with van der Waals surface area (Å²) in [6.45, 7) is 5.20. The highest BCUT2D eigenvalue weighted by atomic mass is 16.5. The van der Waals surface area contributed by atoms with Gasteiger partial charge in [0.1, 0.15) is 0 Å². The molecule has 0 aliphatic carbocycles. The topological polar surface area (TPSA) is 79.5 Å². The molecule has 1 aliphatic rings. The molecule has 1 aliphatic heterocycles. The van der Waals surface area contributed by atoms with Crippen LogP contribution in [0.1, 0.15) is 34.3 Å². The van der Waals surface area contributed by atoms with Gasteiger partial charge in [0.25, 0.3) is 5.91 Å². The van der Waals surface area contributed by atoms with Gasteiger partial charge in [-0.25, -0.2) is 4.79 Å². The van der Waals surface area contributed by atoms with Crippen molar-refractivity contribution in [3.63, 3.8) is 0 Å². The standard InChI is InChI=1S/C21H25N3O3/c1-14-5-3-7-19(15(14)2)20(25)23-16-8-10-17(11-9-16)24-21(26)22-13-18-6-4-12-27-18/h3,5,7-11,18H,4,6,12-13H2,1-2H3,(H,23,25)(H2,22,24,26). The number of benzene rings is 2. The van der Waals surface area contributed by atoms with E-state index in [1.54, 1.807) is 24.3 Å². The second-order valence-corrected chi connectivity index (χ2v) is 6.75. The van der Waals surface area contributed by atoms with Gasteiger partial charge in [0.15, 0.2) is 0 Å². The van der Waals surface area contributed by atoms with E-state index in [0.717, 1.165) is 30.6 Å². The number of rotatable bonds is 5. The Hall–Kier alpha value is -2.86. The molecule has 3 N–H and O–H groups in total. The van der Waals surface area contributed by atoms with Crippen molar-refractivity contribution in [2.24, 2.45) is 0 Å². The van der Waals surface area contributed by atoms with Gasteiger partial charge in [-0.05, 0) is 68.1 Å². The first-order valence-electron chi connectivity index (χ1n) is 9.17. The van der Waals surface area contributed by atoms with Crippen molar-refractivity contribution in [1.82, 2.24) is 5.32 Å². The first-order chi connectivity index (χ1) is 13.0. The van der Waals surface area contributed by atoms with Crippen molar-refractivity contribution in [2.75, 3.05) is 23.8 Å². The second kappa shape index (κ2) is 8.68. The maximum Gasteiger partial charge on any atom is 0.319 e. The third kappa shape index (κ3) is 5.08. The highest BCUT2D eigenvalue weighted by Gasteiger charge is 2.16. The number of urea groups is 1. The van der Waals surface area contributed by atoms with Crippen LogP contribution >= 0.6 is 0 Å². The molecule has 6 nitrogen and oxygen atoms in total. The van der Waals surface area contributed by atoms with Gasteiger partial charge < -0.3 is 20.7 Å². The van der Waals surface area contributed by atoms with Crippen LogP contribution in [-0.4, -0.2) is 31.2 Å². The number of ether oxygens (including phenoxy) is 1. The van der Waals surface area contributed by atoms with Crippen LogP contribution in [0.3, 0.4) is 0 Å². The van der Waals surface area contributed by atoms with Crippen molar-refractivity contribution in [1.29, 1.82) is 0 Å². The average Bonchev–Trinajstić information content (AvgIpc) is 3.17. The zero-order chi connectivity index (χ0) is 19.2. The van der Waals surface area contributed by atoms with E-state index in [-0.39, 0.29) is 18.0 Å². The van der Waals surface area contributed by atoms with Crippen molar-refractivity contribution in [3.05, 3.63) is 59.2 Å². The predicted molar refractivity (Wildman–Crippen MR) is 106 cm³/mol. The number of hydrogen-bond donors (Lipinski definition) is 3. The normalized spacial score (nSPS) is 16.0. The third-order valence-corrected chi connectivity index (χ3v) is 4.76. The SMILES string of the molecule is Cc1cccc(C(=O)Nc2ccc(NC(=O)NCC3CCCO3)cc2)c1C. The van der Waals surface area contributed by atoms with E-state index in [1.807, 2.05) is 32.0 Å². The highest BCUT2D eigenvalue weighted by molar-refractivity contribution is 6.05. The monoisotopic (exact) mass is 367 g/mol. The van der Waals surface area contributed by atoms with E-state index in [9.17, 15) is 9.59 Å². The fraction of sp³-hybridized carbons (Fsp3) is 0.333. The Labute approximate surface area is 159 Å². The summed E-state index contributed by atoms with van der Waals surface area (Å²) in [5.41, 5.74) is 4.04. The molecule has 0 radical (unpaired) electrons. The first-order valence-corrected chi connectivity index (χ1v) is 9.17. The number of aryl methyl sites for hydroxylation is 1. The van der Waals surface area contributed by atoms with Crippen LogP contribution in [-0.2, 0) is 4.74 Å². The summed E-state index contributed by atoms with van der Waals surface area (Å²) < 4.78 is 5.48. The molecule has 0 spiro atoms. The fourth-order valence-electron chi connectivity index (χ4n) is 3.02. The van der Waals surface area contributed by atoms with Gasteiger partial charge in [-0.2, -0.15) is 0 Å². The lowest BCUT2D eigenvalue weighted by Crippen LogP contribution is -2.35. The number of carbonyl (C=O) groups excluding carboxylic acids is 2. The molecular weight excluding hydrogens is 342 g/mol. The van der Waals surface area contributed by atoms with Crippen LogP contribution in [0.4, 0.5) is 16.2 Å². The molecule has 0 aromatic heterocycles. The Kier molecular flexibility index (Phi) is 6.08. The molecule has 3 amide bonds. The lowest BCUT2D eigenvalue weighted by molar-refractivity contribution is 0.102. The Morgan fingerprint density at radius 2 is 1.74 bits per heavy atom. The minimum Gasteiger partial charge on any atom is -0.376 e. The molecule has 142 valence electrons. The summed E-state index contributed by atoms with van der Waals surface area (Å²) in [6, 6.07) is 12.4. The first kappa shape index (κ1) is 18.9. The average molecular weight is 367 g/mol. The molecule has 0 bridgehead atoms. The molecule has 1 unspecified atom stereocenters. The Morgan fingerprint density at radius 1 is 1.04 bits per heavy atom. The summed E-state index contributed by atoms with van der Waals surface area (Å²) in [6.07, 6.45) is 2.14. The molecule has 0 saturated carbocycles. The molecule has 6 heteroatoms. The lowest BCUT2D eigenvalue weighted by Gasteiger charge is -2.12. The summed E-state index contributed by atoms with van der Waals surface area (Å²) in [7, 11) is 0. The molecule has 3 rings (SSSR count). The summed E-state index contributed by atoms with van der Waals surface area (Å²) >= 11 is 0. The predicted octanol–water partition coefficient (Wildman–Crippen LogP) is 3.86. The van der Waals surface area contributed by atoms with Crippen LogP contribution in [0.15, 0.2) is 42.5 Å². The Morgan fingerprint density at radius 3 is 2.41 bits per heavy atom. The molecule has 27 heavy (non-hydrogen) atoms. The molecule has 1 atom stereocenters. The number of amides is 3. The molecule has 2 aromatic rings. The summed E-state index contributed by atoms with van der Waals surface area (Å²) in [5.74, 6) is -0.147. The van der Waals surface area contributed by atoms with Crippen LogP contribution in [0, 0.1) is 13.8 Å². The van der Waals surface area contributed by atoms with E-state index < -0.39 is 0 Å². The van der Waals surface area contributed by atoms with Gasteiger partial charge >= 0.3 is 6.03 Å². The number of anilines is 2. The maximum atomic E-state index is 12.5. The van der Waals surface area contributed by atoms with Gasteiger partial charge in [-0.15, -0.1) is 0 Å². The van der Waals surface area contributed by atoms with E-state index >= 15 is 0 Å². The summed E-state index contributed by atoms with van der Waals surface area (Å²) in [4.78, 5) is 24.4. The second-order valence-electron chi connectivity index (χ2n) is 6.75. The van der Waals surface area contributed by atoms with Gasteiger partial charge in [0.2, 0.25) is 0 Å². The molecule has 1 saturated heterocycles. The number of hydrogen-bond acceptors (Lipinski definition) is 3. The zero-order valence-corrected chi connectivity index (χ0v) is 15.7. The lowest BCUT2D eigenvalue weighted by atomic mass is 10.0. The van der Waals surface area contributed by atoms with E-state index in [1.165, 1.54) is 0 Å². The molecule has 1 heterocycles. The van der Waals surface area contributed by atoms with Crippen molar-refractivity contribution in [2.45, 2.75) is 32.8 Å². The highest BCUT2D eigenvalue weighted by Crippen LogP contribution is 2.17. The molecule has 1 fully saturated rings. The Bertz CT molecular complexity index is 812. The van der Waals surface area contributed by atoms with Gasteiger partial charge in [0.05, 0.1) is 6.10 Å². The zero-order valence-electron chi connectivity index (χ0n) is 15.7. The maximum absolute atomic E-state index is 12.5. The van der Waals surface area contributed by atoms with Crippen molar-refractivity contribution in [3.8, 4) is 0 Å². The number of carbonyl (C=O) groups is 2. The van der Waals surface area contributed by atoms with Gasteiger partial charge in [-0.1, -0.05) is 12.1 Å². The Balaban J connectivity index is 1.52. The minimum atomic E-state index is -0.266. The van der Waals surface area contributed by atoms with Crippen molar-refractivity contribution >= 4 is 23.3 Å². The largest absolute Gasteiger partial charge is 0.376 e. The van der Waals surface area contributed by atoms with Crippen LogP contribution in [0.25, 0.3) is 0 Å². The molecular formula is C21H25N3O3. The third-order valence-electron chi connectivity index (χ3n) is 4.76. The van der Waals surface area contributed by atoms with Crippen LogP contribution < -0.4 is 16.0 Å². The smallest absolute Gasteiger partial charge is 0.319 e. The van der Waals surface area contributed by atoms with Gasteiger partial charge in [0, 0.05) is 30.1 Å². The van der Waals surface area contributed by atoms with Crippen molar-refractivity contribution < 1.29 is 14.3 Å². The van der Waals surface area contributed by atoms with Crippen LogP contribution in [0.2, 0.25) is 0 Å². The fourth-order valence-corrected chi connectivity index (χ4v) is 3.02. The number of nitrogens with one attached hydrogen (secondary N) is 3. The van der Waals surface area contributed by atoms with Crippen LogP contribution in [0.5, 0.6) is 0 Å². The van der Waals surface area contributed by atoms with Gasteiger partial charge in [-0.3, -0.25) is 4.79 Å². The minimum absolute atomic E-state index is 0.110. The molecule has 2 aromatic carbocycles. The summed E-state index contributed by atoms with van der Waals surface area (Å²) in [5, 5.41) is 8.47.